The third kappa shape index (κ3) is 3.57. The van der Waals surface area contributed by atoms with Gasteiger partial charge in [-0.15, -0.1) is 17.9 Å². The van der Waals surface area contributed by atoms with E-state index in [1.807, 2.05) is 35.4 Å². The van der Waals surface area contributed by atoms with Gasteiger partial charge in [0.15, 0.2) is 0 Å². The first-order chi connectivity index (χ1) is 11.7. The fourth-order valence-electron chi connectivity index (χ4n) is 3.19. The van der Waals surface area contributed by atoms with Crippen LogP contribution in [0.15, 0.2) is 48.6 Å². The summed E-state index contributed by atoms with van der Waals surface area (Å²) in [6.45, 7) is 6.96. The highest BCUT2D eigenvalue weighted by atomic mass is 32.1. The Balaban J connectivity index is 1.82. The van der Waals surface area contributed by atoms with Gasteiger partial charge in [-0.05, 0) is 54.5 Å². The van der Waals surface area contributed by atoms with Crippen LogP contribution < -0.4 is 0 Å². The van der Waals surface area contributed by atoms with Crippen LogP contribution in [0, 0.1) is 6.92 Å². The quantitative estimate of drug-likeness (QED) is 0.755. The molecule has 5 heteroatoms. The van der Waals surface area contributed by atoms with E-state index in [2.05, 4.69) is 11.6 Å². The summed E-state index contributed by atoms with van der Waals surface area (Å²) in [4.78, 5) is 19.9. The Hall–Kier alpha value is -1.98. The van der Waals surface area contributed by atoms with Crippen molar-refractivity contribution in [2.45, 2.75) is 31.9 Å². The van der Waals surface area contributed by atoms with Crippen molar-refractivity contribution >= 4 is 17.2 Å². The fourth-order valence-corrected chi connectivity index (χ4v) is 4.07. The number of likely N-dealkylation sites (tertiary alicyclic amines) is 1. The van der Waals surface area contributed by atoms with Gasteiger partial charge in [0.2, 0.25) is 0 Å². The largest absolute Gasteiger partial charge is 0.372 e. The lowest BCUT2D eigenvalue weighted by atomic mass is 10.0. The molecule has 0 aromatic carbocycles. The van der Waals surface area contributed by atoms with Gasteiger partial charge in [-0.3, -0.25) is 9.78 Å². The highest BCUT2D eigenvalue weighted by molar-refractivity contribution is 7.12. The molecule has 3 rings (SSSR count). The van der Waals surface area contributed by atoms with E-state index in [-0.39, 0.29) is 18.1 Å². The van der Waals surface area contributed by atoms with E-state index in [1.54, 1.807) is 18.5 Å². The van der Waals surface area contributed by atoms with Crippen LogP contribution in [0.1, 0.15) is 27.2 Å². The first-order valence-corrected chi connectivity index (χ1v) is 9.05. The Morgan fingerprint density at radius 1 is 1.46 bits per heavy atom. The van der Waals surface area contributed by atoms with Gasteiger partial charge < -0.3 is 9.64 Å². The summed E-state index contributed by atoms with van der Waals surface area (Å²) in [5.41, 5.74) is 2.22. The number of pyridine rings is 1. The van der Waals surface area contributed by atoms with Gasteiger partial charge in [0.25, 0.3) is 5.91 Å². The molecule has 1 saturated heterocycles. The van der Waals surface area contributed by atoms with E-state index in [9.17, 15) is 4.79 Å². The molecule has 126 valence electrons. The second-order valence-electron chi connectivity index (χ2n) is 6.01. The predicted molar refractivity (Wildman–Crippen MR) is 96.4 cm³/mol. The van der Waals surface area contributed by atoms with Crippen molar-refractivity contribution in [3.63, 3.8) is 0 Å². The maximum absolute atomic E-state index is 13.0. The number of ether oxygens (including phenoxy) is 1. The molecule has 1 amide bonds. The molecule has 2 atom stereocenters. The Kier molecular flexibility index (Phi) is 5.43. The van der Waals surface area contributed by atoms with Gasteiger partial charge in [-0.25, -0.2) is 0 Å². The summed E-state index contributed by atoms with van der Waals surface area (Å²) in [6, 6.07) is 6.04. The normalized spacial score (nSPS) is 20.3. The van der Waals surface area contributed by atoms with Gasteiger partial charge in [0.05, 0.1) is 23.6 Å². The topological polar surface area (TPSA) is 42.4 Å². The van der Waals surface area contributed by atoms with Gasteiger partial charge in [0.1, 0.15) is 0 Å². The van der Waals surface area contributed by atoms with Gasteiger partial charge in [-0.2, -0.15) is 0 Å². The Morgan fingerprint density at radius 3 is 2.92 bits per heavy atom. The minimum atomic E-state index is 0.0420. The average Bonchev–Trinajstić information content (AvgIpc) is 3.20. The van der Waals surface area contributed by atoms with Crippen molar-refractivity contribution in [3.05, 3.63) is 64.6 Å². The molecule has 0 unspecified atom stereocenters. The molecule has 0 spiro atoms. The van der Waals surface area contributed by atoms with Gasteiger partial charge in [0, 0.05) is 18.9 Å². The summed E-state index contributed by atoms with van der Waals surface area (Å²) in [5.74, 6) is 0.117. The molecule has 0 N–H and O–H groups in total. The minimum Gasteiger partial charge on any atom is -0.372 e. The molecule has 1 fully saturated rings. The zero-order valence-corrected chi connectivity index (χ0v) is 14.7. The van der Waals surface area contributed by atoms with Crippen LogP contribution >= 0.6 is 11.3 Å². The second-order valence-corrected chi connectivity index (χ2v) is 6.92. The number of nitrogens with zero attached hydrogens (tertiary/aromatic N) is 2. The smallest absolute Gasteiger partial charge is 0.264 e. The molecular weight excluding hydrogens is 320 g/mol. The van der Waals surface area contributed by atoms with Crippen LogP contribution in [0.25, 0.3) is 0 Å². The minimum absolute atomic E-state index is 0.0420. The van der Waals surface area contributed by atoms with E-state index >= 15 is 0 Å². The zero-order chi connectivity index (χ0) is 16.9. The van der Waals surface area contributed by atoms with Crippen molar-refractivity contribution in [1.29, 1.82) is 0 Å². The maximum atomic E-state index is 13.0. The maximum Gasteiger partial charge on any atom is 0.264 e. The van der Waals surface area contributed by atoms with E-state index in [0.717, 1.165) is 29.8 Å². The number of rotatable bonds is 6. The summed E-state index contributed by atoms with van der Waals surface area (Å²) < 4.78 is 5.94. The zero-order valence-electron chi connectivity index (χ0n) is 13.9. The van der Waals surface area contributed by atoms with Gasteiger partial charge in [-0.1, -0.05) is 6.08 Å². The molecule has 1 aliphatic rings. The van der Waals surface area contributed by atoms with Crippen LogP contribution in [0.3, 0.4) is 0 Å². The number of hydrogen-bond donors (Lipinski definition) is 0. The molecule has 0 radical (unpaired) electrons. The van der Waals surface area contributed by atoms with E-state index in [4.69, 9.17) is 4.74 Å². The van der Waals surface area contributed by atoms with Crippen LogP contribution in [-0.2, 0) is 11.2 Å². The number of hydrogen-bond acceptors (Lipinski definition) is 4. The third-order valence-electron chi connectivity index (χ3n) is 4.42. The van der Waals surface area contributed by atoms with E-state index in [1.165, 1.54) is 16.9 Å². The van der Waals surface area contributed by atoms with E-state index in [0.29, 0.717) is 6.61 Å². The predicted octanol–water partition coefficient (Wildman–Crippen LogP) is 3.48. The molecule has 2 aromatic heterocycles. The number of carbonyl (C=O) groups excluding carboxylic acids is 1. The summed E-state index contributed by atoms with van der Waals surface area (Å²) in [5, 5.41) is 1.97. The molecule has 0 aliphatic carbocycles. The Labute approximate surface area is 146 Å². The molecule has 3 heterocycles. The molecule has 1 aliphatic heterocycles. The summed E-state index contributed by atoms with van der Waals surface area (Å²) >= 11 is 1.51. The van der Waals surface area contributed by atoms with Crippen molar-refractivity contribution < 1.29 is 9.53 Å². The second kappa shape index (κ2) is 7.73. The monoisotopic (exact) mass is 342 g/mol. The van der Waals surface area contributed by atoms with Crippen molar-refractivity contribution in [2.75, 3.05) is 13.2 Å². The van der Waals surface area contributed by atoms with Crippen LogP contribution in [0.4, 0.5) is 0 Å². The van der Waals surface area contributed by atoms with Crippen molar-refractivity contribution in [1.82, 2.24) is 9.88 Å². The molecule has 0 bridgehead atoms. The molecule has 2 aromatic rings. The van der Waals surface area contributed by atoms with Crippen LogP contribution in [0.5, 0.6) is 0 Å². The molecular formula is C19H22N2O2S. The number of aryl methyl sites for hydroxylation is 1. The SMILES string of the molecule is C=CCO[C@H]1CCN(C(=O)c2sccc2C)[C@H]1Cc1ccncc1. The van der Waals surface area contributed by atoms with E-state index < -0.39 is 0 Å². The number of amides is 1. The van der Waals surface area contributed by atoms with Crippen molar-refractivity contribution in [2.24, 2.45) is 0 Å². The van der Waals surface area contributed by atoms with Crippen molar-refractivity contribution in [3.8, 4) is 0 Å². The lowest BCUT2D eigenvalue weighted by molar-refractivity contribution is 0.0381. The number of thiophene rings is 1. The first-order valence-electron chi connectivity index (χ1n) is 8.17. The lowest BCUT2D eigenvalue weighted by Crippen LogP contribution is -2.42. The number of aromatic nitrogens is 1. The average molecular weight is 342 g/mol. The molecule has 0 saturated carbocycles. The highest BCUT2D eigenvalue weighted by Gasteiger charge is 2.38. The lowest BCUT2D eigenvalue weighted by Gasteiger charge is -2.28. The highest BCUT2D eigenvalue weighted by Crippen LogP contribution is 2.28. The van der Waals surface area contributed by atoms with Crippen LogP contribution in [0.2, 0.25) is 0 Å². The first kappa shape index (κ1) is 16.9. The standard InChI is InChI=1S/C19H22N2O2S/c1-3-11-23-17-6-10-21(19(22)18-14(2)7-12-24-18)16(17)13-15-4-8-20-9-5-15/h3-5,7-9,12,16-17H,1,6,10-11,13H2,2H3/t16-,17-/m0/s1. The fraction of sp³-hybridized carbons (Fsp3) is 0.368. The number of carbonyl (C=O) groups is 1. The Bertz CT molecular complexity index is 698. The molecule has 24 heavy (non-hydrogen) atoms. The summed E-state index contributed by atoms with van der Waals surface area (Å²) in [6.07, 6.45) is 7.02. The van der Waals surface area contributed by atoms with Crippen LogP contribution in [-0.4, -0.2) is 41.1 Å². The third-order valence-corrected chi connectivity index (χ3v) is 5.43. The summed E-state index contributed by atoms with van der Waals surface area (Å²) in [7, 11) is 0. The Morgan fingerprint density at radius 2 is 2.25 bits per heavy atom. The van der Waals surface area contributed by atoms with Gasteiger partial charge >= 0.3 is 0 Å². The molecule has 4 nitrogen and oxygen atoms in total.